The number of unbranched alkanes of at least 4 members (excludes halogenated alkanes) is 10. The lowest BCUT2D eigenvalue weighted by atomic mass is 9.77. The van der Waals surface area contributed by atoms with Crippen molar-refractivity contribution in [2.24, 2.45) is 0 Å². The Hall–Kier alpha value is -10.9. The Kier molecular flexibility index (Phi) is 16.7. The summed E-state index contributed by atoms with van der Waals surface area (Å²) in [6, 6.07) is 38.4. The third kappa shape index (κ3) is 10.4. The topological polar surface area (TPSA) is 236 Å². The SMILES string of the molecule is CCCCCCCCN1C(=O)c2ccc3c4c(-c5ccc(C=CC6=C(C#N)C(=C(C#N)C#N)OC6(C)C)cc5)cc5c6c(ccc(c7c(-c8ccc(C=CC9=C(C#N)C(=C(C#N)C#N)OC9(C)C)cc8)cc(c2c37)C1=O)c64)C(=O)N(CCCCCCCC)C5=O. The molecule has 11 rings (SSSR count). The Balaban J connectivity index is 1.13. The average molecular weight is 1190 g/mol. The summed E-state index contributed by atoms with van der Waals surface area (Å²) in [5, 5.41) is 64.5. The molecule has 0 saturated heterocycles. The van der Waals surface area contributed by atoms with Gasteiger partial charge in [0.1, 0.15) is 58.8 Å². The number of allylic oxidation sites excluding steroid dienone is 4. The first kappa shape index (κ1) is 60.8. The zero-order valence-electron chi connectivity index (χ0n) is 51.3. The lowest BCUT2D eigenvalue weighted by Crippen LogP contribution is -2.41. The first-order valence-electron chi connectivity index (χ1n) is 30.9. The van der Waals surface area contributed by atoms with E-state index in [1.165, 1.54) is 9.80 Å². The summed E-state index contributed by atoms with van der Waals surface area (Å²) in [5.41, 5.74) is 4.42. The fraction of sp³-hybridized carbons (Fsp3) is 0.289. The molecule has 0 bridgehead atoms. The van der Waals surface area contributed by atoms with Crippen molar-refractivity contribution in [2.75, 3.05) is 13.1 Å². The number of ether oxygens (including phenoxy) is 2. The van der Waals surface area contributed by atoms with Crippen LogP contribution in [0.3, 0.4) is 0 Å². The molecule has 7 aromatic carbocycles. The van der Waals surface area contributed by atoms with Gasteiger partial charge in [-0.2, -0.15) is 31.6 Å². The van der Waals surface area contributed by atoms with Crippen LogP contribution in [0.25, 0.3) is 77.5 Å². The molecule has 0 saturated carbocycles. The Morgan fingerprint density at radius 1 is 0.411 bits per heavy atom. The maximum Gasteiger partial charge on any atom is 0.261 e. The highest BCUT2D eigenvalue weighted by atomic mass is 16.5. The molecule has 0 unspecified atom stereocenters. The van der Waals surface area contributed by atoms with Gasteiger partial charge in [-0.05, 0) is 131 Å². The van der Waals surface area contributed by atoms with Crippen molar-refractivity contribution in [3.8, 4) is 58.7 Å². The molecule has 14 heteroatoms. The van der Waals surface area contributed by atoms with Crippen LogP contribution in [0.1, 0.15) is 171 Å². The number of fused-ring (bicyclic) bond motifs is 2. The number of carbonyl (C=O) groups is 4. The van der Waals surface area contributed by atoms with Crippen molar-refractivity contribution in [1.29, 1.82) is 31.6 Å². The lowest BCUT2D eigenvalue weighted by Gasteiger charge is -2.32. The number of hydrogen-bond donors (Lipinski definition) is 0. The molecule has 7 aromatic rings. The summed E-state index contributed by atoms with van der Waals surface area (Å²) in [6.07, 6.45) is 18.8. The van der Waals surface area contributed by atoms with Crippen LogP contribution in [0.15, 0.2) is 142 Å². The molecule has 90 heavy (non-hydrogen) atoms. The molecule has 444 valence electrons. The first-order valence-corrected chi connectivity index (χ1v) is 30.9. The van der Waals surface area contributed by atoms with Crippen LogP contribution in [0.2, 0.25) is 0 Å². The van der Waals surface area contributed by atoms with E-state index >= 15 is 9.59 Å². The number of nitrogens with zero attached hydrogens (tertiary/aromatic N) is 8. The summed E-state index contributed by atoms with van der Waals surface area (Å²) in [6.45, 7) is 11.9. The zero-order valence-corrected chi connectivity index (χ0v) is 51.3. The third-order valence-corrected chi connectivity index (χ3v) is 17.9. The van der Waals surface area contributed by atoms with Gasteiger partial charge in [-0.1, -0.05) is 163 Å². The molecule has 0 aromatic heterocycles. The minimum Gasteiger partial charge on any atom is -0.480 e. The monoisotopic (exact) mass is 1180 g/mol. The van der Waals surface area contributed by atoms with Gasteiger partial charge in [-0.3, -0.25) is 29.0 Å². The molecule has 0 N–H and O–H groups in total. The molecule has 14 nitrogen and oxygen atoms in total. The Labute approximate surface area is 523 Å². The van der Waals surface area contributed by atoms with E-state index in [1.54, 1.807) is 39.8 Å². The minimum atomic E-state index is -1.03. The number of hydrogen-bond acceptors (Lipinski definition) is 12. The van der Waals surface area contributed by atoms with Crippen molar-refractivity contribution < 1.29 is 28.7 Å². The van der Waals surface area contributed by atoms with Crippen molar-refractivity contribution >= 4 is 78.9 Å². The van der Waals surface area contributed by atoms with Crippen molar-refractivity contribution in [2.45, 2.75) is 130 Å². The molecule has 4 amide bonds. The number of carbonyl (C=O) groups excluding carboxylic acids is 4. The standard InChI is InChI=1S/C76H64N8O6/c1-7-9-11-13-15-17-35-83-71(85)53-31-29-51-64-56(48-27-21-46(22-28-48)24-34-62-60(44-82)70(50(41-79)42-80)90-76(62,5)6)38-58-66-54(72(86)84(74(58)88)36-18-16-14-12-10-8-2)32-30-52(68(64)66)63-55(37-57(73(83)87)65(53)67(51)63)47-25-19-45(20-26-47)23-33-61-59(43-81)69(49(39-77)40-78)89-75(61,3)4/h19-34,37-38H,7-18,35-36H2,1-6H3. The number of imide groups is 2. The van der Waals surface area contributed by atoms with Crippen LogP contribution in [0.5, 0.6) is 0 Å². The molecule has 4 aliphatic heterocycles. The molecule has 0 fully saturated rings. The summed E-state index contributed by atoms with van der Waals surface area (Å²) < 4.78 is 12.0. The Morgan fingerprint density at radius 2 is 0.756 bits per heavy atom. The van der Waals surface area contributed by atoms with Crippen LogP contribution < -0.4 is 0 Å². The lowest BCUT2D eigenvalue weighted by molar-refractivity contribution is 0.0592. The van der Waals surface area contributed by atoms with E-state index in [1.807, 2.05) is 121 Å². The molecular weight excluding hydrogens is 1120 g/mol. The third-order valence-electron chi connectivity index (χ3n) is 17.9. The fourth-order valence-corrected chi connectivity index (χ4v) is 13.4. The quantitative estimate of drug-likeness (QED) is 0.0228. The van der Waals surface area contributed by atoms with Gasteiger partial charge in [0.15, 0.2) is 22.7 Å². The van der Waals surface area contributed by atoms with Gasteiger partial charge in [0.2, 0.25) is 0 Å². The first-order chi connectivity index (χ1) is 43.5. The molecule has 0 atom stereocenters. The zero-order chi connectivity index (χ0) is 63.8. The number of benzene rings is 7. The Morgan fingerprint density at radius 3 is 1.10 bits per heavy atom. The maximum absolute atomic E-state index is 15.3. The number of nitriles is 6. The van der Waals surface area contributed by atoms with Crippen molar-refractivity contribution in [3.05, 3.63) is 175 Å². The van der Waals surface area contributed by atoms with Crippen LogP contribution in [0, 0.1) is 68.0 Å². The van der Waals surface area contributed by atoms with Gasteiger partial charge < -0.3 is 9.47 Å². The largest absolute Gasteiger partial charge is 0.480 e. The average Bonchev–Trinajstić information content (AvgIpc) is 0.849. The molecular formula is C76H64N8O6. The maximum atomic E-state index is 15.3. The summed E-state index contributed by atoms with van der Waals surface area (Å²) in [7, 11) is 0. The number of amides is 4. The Bertz CT molecular complexity index is 4390. The van der Waals surface area contributed by atoms with E-state index in [2.05, 4.69) is 26.0 Å². The highest BCUT2D eigenvalue weighted by Gasteiger charge is 2.42. The molecule has 4 heterocycles. The van der Waals surface area contributed by atoms with Gasteiger partial charge in [0, 0.05) is 57.3 Å². The second-order valence-electron chi connectivity index (χ2n) is 24.4. The normalized spacial score (nSPS) is 15.7. The molecule has 4 aliphatic rings. The second-order valence-corrected chi connectivity index (χ2v) is 24.4. The predicted octanol–water partition coefficient (Wildman–Crippen LogP) is 16.9. The van der Waals surface area contributed by atoms with E-state index in [-0.39, 0.29) is 58.7 Å². The van der Waals surface area contributed by atoms with Gasteiger partial charge in [0.05, 0.1) is 0 Å². The van der Waals surface area contributed by atoms with E-state index in [9.17, 15) is 41.2 Å². The summed E-state index contributed by atoms with van der Waals surface area (Å²) >= 11 is 0. The van der Waals surface area contributed by atoms with Gasteiger partial charge in [-0.25, -0.2) is 0 Å². The van der Waals surface area contributed by atoms with Crippen molar-refractivity contribution in [3.63, 3.8) is 0 Å². The van der Waals surface area contributed by atoms with E-state index < -0.39 is 23.0 Å². The second kappa shape index (κ2) is 24.7. The van der Waals surface area contributed by atoms with Crippen LogP contribution in [-0.4, -0.2) is 57.7 Å². The molecule has 0 radical (unpaired) electrons. The fourth-order valence-electron chi connectivity index (χ4n) is 13.4. The van der Waals surface area contributed by atoms with Gasteiger partial charge in [-0.15, -0.1) is 0 Å². The highest BCUT2D eigenvalue weighted by molar-refractivity contribution is 6.44. The van der Waals surface area contributed by atoms with Crippen LogP contribution in [-0.2, 0) is 9.47 Å². The van der Waals surface area contributed by atoms with E-state index in [0.717, 1.165) is 97.2 Å². The van der Waals surface area contributed by atoms with Gasteiger partial charge >= 0.3 is 0 Å². The molecule has 0 aliphatic carbocycles. The van der Waals surface area contributed by atoms with Crippen LogP contribution >= 0.6 is 0 Å². The summed E-state index contributed by atoms with van der Waals surface area (Å²) in [4.78, 5) is 63.2. The van der Waals surface area contributed by atoms with Crippen LogP contribution in [0.4, 0.5) is 0 Å². The minimum absolute atomic E-state index is 0.0612. The highest BCUT2D eigenvalue weighted by Crippen LogP contribution is 2.52. The van der Waals surface area contributed by atoms with Gasteiger partial charge in [0.25, 0.3) is 23.6 Å². The smallest absolute Gasteiger partial charge is 0.261 e. The summed E-state index contributed by atoms with van der Waals surface area (Å²) in [5.74, 6) is -1.66. The predicted molar refractivity (Wildman–Crippen MR) is 346 cm³/mol. The number of rotatable bonds is 20. The molecule has 0 spiro atoms. The van der Waals surface area contributed by atoms with E-state index in [4.69, 9.17) is 9.47 Å². The van der Waals surface area contributed by atoms with Crippen molar-refractivity contribution in [1.82, 2.24) is 9.80 Å². The van der Waals surface area contributed by atoms with E-state index in [0.29, 0.717) is 89.7 Å².